The number of halogens is 3. The van der Waals surface area contributed by atoms with Crippen LogP contribution in [-0.2, 0) is 6.18 Å². The van der Waals surface area contributed by atoms with E-state index in [1.54, 1.807) is 12.3 Å². The Labute approximate surface area is 124 Å². The van der Waals surface area contributed by atoms with E-state index in [2.05, 4.69) is 10.3 Å². The third kappa shape index (κ3) is 3.52. The van der Waals surface area contributed by atoms with E-state index < -0.39 is 11.7 Å². The van der Waals surface area contributed by atoms with Crippen molar-refractivity contribution in [2.75, 3.05) is 5.32 Å². The number of hydrogen-bond donors (Lipinski definition) is 1. The zero-order valence-electron chi connectivity index (χ0n) is 11.1. The first-order valence-corrected chi connectivity index (χ1v) is 7.11. The molecule has 1 aromatic carbocycles. The van der Waals surface area contributed by atoms with Gasteiger partial charge in [-0.3, -0.25) is 0 Å². The van der Waals surface area contributed by atoms with Gasteiger partial charge in [0.25, 0.3) is 0 Å². The lowest BCUT2D eigenvalue weighted by Gasteiger charge is -2.17. The molecule has 0 amide bonds. The van der Waals surface area contributed by atoms with Crippen molar-refractivity contribution in [1.82, 2.24) is 4.98 Å². The summed E-state index contributed by atoms with van der Waals surface area (Å²) >= 11 is 1.46. The lowest BCUT2D eigenvalue weighted by atomic mass is 10.1. The van der Waals surface area contributed by atoms with Crippen LogP contribution in [0.25, 0.3) is 0 Å². The molecule has 1 unspecified atom stereocenters. The minimum atomic E-state index is -4.45. The maximum atomic E-state index is 12.6. The van der Waals surface area contributed by atoms with Crippen LogP contribution < -0.4 is 5.32 Å². The normalized spacial score (nSPS) is 12.7. The number of hydrogen-bond acceptors (Lipinski definition) is 4. The summed E-state index contributed by atoms with van der Waals surface area (Å²) in [5.74, 6) is 0. The Hall–Kier alpha value is -2.07. The van der Waals surface area contributed by atoms with Gasteiger partial charge in [-0.25, -0.2) is 4.98 Å². The van der Waals surface area contributed by atoms with Gasteiger partial charge in [0.15, 0.2) is 0 Å². The summed E-state index contributed by atoms with van der Waals surface area (Å²) in [6.45, 7) is 1.94. The maximum Gasteiger partial charge on any atom is 0.416 e. The molecular formula is C14H12F3N3S. The zero-order valence-corrected chi connectivity index (χ0v) is 11.9. The molecule has 0 spiro atoms. The minimum absolute atomic E-state index is 0.0279. The predicted molar refractivity (Wildman–Crippen MR) is 74.9 cm³/mol. The number of benzene rings is 1. The minimum Gasteiger partial charge on any atom is -0.375 e. The highest BCUT2D eigenvalue weighted by Gasteiger charge is 2.31. The van der Waals surface area contributed by atoms with Crippen LogP contribution in [0, 0.1) is 11.3 Å². The Bertz CT molecular complexity index is 644. The van der Waals surface area contributed by atoms with E-state index in [4.69, 9.17) is 5.26 Å². The first kappa shape index (κ1) is 15.3. The second kappa shape index (κ2) is 6.14. The summed E-state index contributed by atoms with van der Waals surface area (Å²) in [7, 11) is 0. The summed E-state index contributed by atoms with van der Waals surface area (Å²) in [6.07, 6.45) is -2.08. The van der Waals surface area contributed by atoms with Gasteiger partial charge >= 0.3 is 6.18 Å². The van der Waals surface area contributed by atoms with Crippen LogP contribution in [0.15, 0.2) is 29.8 Å². The highest BCUT2D eigenvalue weighted by Crippen LogP contribution is 2.33. The van der Waals surface area contributed by atoms with E-state index in [1.807, 2.05) is 12.3 Å². The molecule has 3 nitrogen and oxygen atoms in total. The molecule has 0 aliphatic carbocycles. The van der Waals surface area contributed by atoms with Gasteiger partial charge in [0.2, 0.25) is 0 Å². The molecule has 0 saturated carbocycles. The molecule has 7 heteroatoms. The highest BCUT2D eigenvalue weighted by molar-refractivity contribution is 7.09. The largest absolute Gasteiger partial charge is 0.416 e. The summed E-state index contributed by atoms with van der Waals surface area (Å²) in [6, 6.07) is 4.79. The van der Waals surface area contributed by atoms with Crippen LogP contribution >= 0.6 is 11.3 Å². The smallest absolute Gasteiger partial charge is 0.375 e. The number of nitrogens with one attached hydrogen (secondary N) is 1. The number of nitriles is 1. The van der Waals surface area contributed by atoms with Crippen molar-refractivity contribution in [3.63, 3.8) is 0 Å². The van der Waals surface area contributed by atoms with Crippen molar-refractivity contribution in [3.05, 3.63) is 45.9 Å². The Morgan fingerprint density at radius 1 is 1.43 bits per heavy atom. The molecule has 0 radical (unpaired) electrons. The number of aromatic nitrogens is 1. The Balaban J connectivity index is 2.30. The number of alkyl halides is 3. The average Bonchev–Trinajstić information content (AvgIpc) is 2.97. The second-order valence-electron chi connectivity index (χ2n) is 4.35. The van der Waals surface area contributed by atoms with E-state index in [-0.39, 0.29) is 11.6 Å². The van der Waals surface area contributed by atoms with Crippen LogP contribution in [0.2, 0.25) is 0 Å². The van der Waals surface area contributed by atoms with Gasteiger partial charge in [0, 0.05) is 11.6 Å². The molecule has 0 fully saturated rings. The van der Waals surface area contributed by atoms with E-state index in [1.165, 1.54) is 17.4 Å². The van der Waals surface area contributed by atoms with Crippen molar-refractivity contribution in [1.29, 1.82) is 5.26 Å². The average molecular weight is 311 g/mol. The zero-order chi connectivity index (χ0) is 15.5. The third-order valence-electron chi connectivity index (χ3n) is 2.95. The van der Waals surface area contributed by atoms with Crippen molar-refractivity contribution >= 4 is 17.0 Å². The summed E-state index contributed by atoms with van der Waals surface area (Å²) in [5, 5.41) is 14.8. The Kier molecular flexibility index (Phi) is 4.48. The quantitative estimate of drug-likeness (QED) is 0.898. The van der Waals surface area contributed by atoms with Crippen molar-refractivity contribution in [2.45, 2.75) is 25.6 Å². The predicted octanol–water partition coefficient (Wildman–Crippen LogP) is 4.60. The topological polar surface area (TPSA) is 48.7 Å². The van der Waals surface area contributed by atoms with Gasteiger partial charge < -0.3 is 5.32 Å². The number of nitrogens with zero attached hydrogens (tertiary/aromatic N) is 2. The van der Waals surface area contributed by atoms with Crippen LogP contribution in [0.1, 0.15) is 35.5 Å². The molecule has 0 saturated heterocycles. The summed E-state index contributed by atoms with van der Waals surface area (Å²) < 4.78 is 37.9. The van der Waals surface area contributed by atoms with Gasteiger partial charge in [-0.2, -0.15) is 18.4 Å². The molecule has 0 aliphatic rings. The van der Waals surface area contributed by atoms with Crippen molar-refractivity contribution < 1.29 is 13.2 Å². The fraction of sp³-hybridized carbons (Fsp3) is 0.286. The molecule has 110 valence electrons. The molecule has 1 atom stereocenters. The molecule has 0 bridgehead atoms. The van der Waals surface area contributed by atoms with E-state index in [9.17, 15) is 13.2 Å². The van der Waals surface area contributed by atoms with Crippen molar-refractivity contribution in [3.8, 4) is 6.07 Å². The Morgan fingerprint density at radius 2 is 2.19 bits per heavy atom. The number of rotatable bonds is 4. The molecule has 2 rings (SSSR count). The van der Waals surface area contributed by atoms with Gasteiger partial charge in [0.1, 0.15) is 11.1 Å². The fourth-order valence-electron chi connectivity index (χ4n) is 1.87. The third-order valence-corrected chi connectivity index (χ3v) is 3.84. The molecule has 1 N–H and O–H groups in total. The molecule has 1 aromatic heterocycles. The monoisotopic (exact) mass is 311 g/mol. The molecule has 1 heterocycles. The summed E-state index contributed by atoms with van der Waals surface area (Å²) in [4.78, 5) is 4.19. The van der Waals surface area contributed by atoms with Crippen molar-refractivity contribution in [2.24, 2.45) is 0 Å². The second-order valence-corrected chi connectivity index (χ2v) is 5.27. The van der Waals surface area contributed by atoms with E-state index in [0.717, 1.165) is 17.1 Å². The van der Waals surface area contributed by atoms with Gasteiger partial charge in [0.05, 0.1) is 22.9 Å². The molecule has 2 aromatic rings. The van der Waals surface area contributed by atoms with E-state index >= 15 is 0 Å². The molecule has 21 heavy (non-hydrogen) atoms. The SMILES string of the molecule is CCC(Nc1ccc(C(F)(F)F)cc1C#N)c1nccs1. The van der Waals surface area contributed by atoms with Crippen LogP contribution in [0.4, 0.5) is 18.9 Å². The first-order chi connectivity index (χ1) is 9.95. The van der Waals surface area contributed by atoms with Gasteiger partial charge in [-0.1, -0.05) is 6.92 Å². The van der Waals surface area contributed by atoms with Gasteiger partial charge in [-0.05, 0) is 24.6 Å². The first-order valence-electron chi connectivity index (χ1n) is 6.23. The van der Waals surface area contributed by atoms with Gasteiger partial charge in [-0.15, -0.1) is 11.3 Å². The maximum absolute atomic E-state index is 12.6. The molecule has 0 aliphatic heterocycles. The Morgan fingerprint density at radius 3 is 2.71 bits per heavy atom. The lowest BCUT2D eigenvalue weighted by Crippen LogP contribution is -2.12. The standard InChI is InChI=1S/C14H12F3N3S/c1-2-11(13-19-5-6-21-13)20-12-4-3-10(14(15,16)17)7-9(12)8-18/h3-7,11,20H,2H2,1H3. The number of thiazole rings is 1. The van der Waals surface area contributed by atoms with E-state index in [0.29, 0.717) is 12.1 Å². The summed E-state index contributed by atoms with van der Waals surface area (Å²) in [5.41, 5.74) is -0.473. The highest BCUT2D eigenvalue weighted by atomic mass is 32.1. The number of anilines is 1. The van der Waals surface area contributed by atoms with Crippen LogP contribution in [-0.4, -0.2) is 4.98 Å². The molecular weight excluding hydrogens is 299 g/mol. The lowest BCUT2D eigenvalue weighted by molar-refractivity contribution is -0.137. The fourth-order valence-corrected chi connectivity index (χ4v) is 2.64. The van der Waals surface area contributed by atoms with Crippen LogP contribution in [0.5, 0.6) is 0 Å². The van der Waals surface area contributed by atoms with Crippen LogP contribution in [0.3, 0.4) is 0 Å².